The van der Waals surface area contributed by atoms with Crippen molar-refractivity contribution in [2.75, 3.05) is 19.2 Å². The van der Waals surface area contributed by atoms with Crippen LogP contribution < -0.4 is 21.2 Å². The Balaban J connectivity index is 1.92. The fourth-order valence-electron chi connectivity index (χ4n) is 4.03. The van der Waals surface area contributed by atoms with Crippen molar-refractivity contribution in [1.29, 1.82) is 0 Å². The molecule has 0 atom stereocenters. The lowest BCUT2D eigenvalue weighted by molar-refractivity contribution is -0.137. The Hall–Kier alpha value is -2.79. The molecule has 32 heavy (non-hydrogen) atoms. The van der Waals surface area contributed by atoms with Gasteiger partial charge < -0.3 is 4.74 Å². The fraction of sp³-hybridized carbons (Fsp3) is 0.107. The number of methoxy groups -OCH3 is 1. The highest BCUT2D eigenvalue weighted by molar-refractivity contribution is 7.98. The zero-order valence-electron chi connectivity index (χ0n) is 18.2. The van der Waals surface area contributed by atoms with Crippen molar-refractivity contribution in [3.8, 4) is 0 Å². The van der Waals surface area contributed by atoms with Crippen LogP contribution in [0.4, 0.5) is 0 Å². The summed E-state index contributed by atoms with van der Waals surface area (Å²) in [7, 11) is -1.30. The molecule has 0 bridgehead atoms. The zero-order valence-corrected chi connectivity index (χ0v) is 20.0. The molecule has 0 fully saturated rings. The third-order valence-corrected chi connectivity index (χ3v) is 13.9. The van der Waals surface area contributed by atoms with E-state index in [1.54, 1.807) is 0 Å². The third-order valence-electron chi connectivity index (χ3n) is 5.65. The van der Waals surface area contributed by atoms with E-state index in [1.807, 2.05) is 12.1 Å². The van der Waals surface area contributed by atoms with Crippen LogP contribution in [0.2, 0.25) is 0 Å². The molecule has 4 rings (SSSR count). The Morgan fingerprint density at radius 1 is 0.656 bits per heavy atom. The van der Waals surface area contributed by atoms with Gasteiger partial charge in [-0.3, -0.25) is 0 Å². The summed E-state index contributed by atoms with van der Waals surface area (Å²) >= 11 is 0. The van der Waals surface area contributed by atoms with Crippen LogP contribution in [-0.2, 0) is 9.53 Å². The van der Waals surface area contributed by atoms with E-state index in [0.29, 0.717) is 6.16 Å². The predicted molar refractivity (Wildman–Crippen MR) is 140 cm³/mol. The molecule has 4 aromatic rings. The van der Waals surface area contributed by atoms with Crippen molar-refractivity contribution in [1.82, 2.24) is 0 Å². The number of benzene rings is 4. The second-order valence-electron chi connectivity index (χ2n) is 7.61. The second kappa shape index (κ2) is 10.7. The van der Waals surface area contributed by atoms with Crippen LogP contribution in [0.15, 0.2) is 121 Å². The third kappa shape index (κ3) is 4.99. The highest BCUT2D eigenvalue weighted by Crippen LogP contribution is 2.63. The molecule has 4 heteroatoms. The molecule has 0 unspecified atom stereocenters. The maximum absolute atomic E-state index is 12.8. The molecule has 0 radical (unpaired) electrons. The van der Waals surface area contributed by atoms with E-state index in [0.717, 1.165) is 5.90 Å². The molecule has 0 aliphatic carbocycles. The summed E-state index contributed by atoms with van der Waals surface area (Å²) in [5, 5.41) is 5.15. The van der Waals surface area contributed by atoms with Gasteiger partial charge in [-0.1, -0.05) is 97.1 Å². The topological polar surface area (TPSA) is 26.3 Å². The Labute approximate surface area is 192 Å². The van der Waals surface area contributed by atoms with E-state index in [9.17, 15) is 4.79 Å². The minimum absolute atomic E-state index is 0.151. The van der Waals surface area contributed by atoms with Crippen LogP contribution >= 0.6 is 15.2 Å². The summed E-state index contributed by atoms with van der Waals surface area (Å²) in [6.07, 6.45) is 0.399. The van der Waals surface area contributed by atoms with E-state index in [2.05, 4.69) is 109 Å². The van der Waals surface area contributed by atoms with Crippen molar-refractivity contribution in [3.63, 3.8) is 0 Å². The number of carbonyl (C=O) groups is 1. The predicted octanol–water partition coefficient (Wildman–Crippen LogP) is 4.92. The molecule has 0 spiro atoms. The first-order chi connectivity index (χ1) is 15.7. The molecular formula is C28H27O2P2+. The van der Waals surface area contributed by atoms with Gasteiger partial charge in [0.15, 0.2) is 6.16 Å². The summed E-state index contributed by atoms with van der Waals surface area (Å²) in [6, 6.07) is 42.6. The number of carbonyl (C=O) groups excluding carboxylic acids is 1. The second-order valence-corrected chi connectivity index (χ2v) is 13.9. The Morgan fingerprint density at radius 3 is 1.41 bits per heavy atom. The maximum Gasteiger partial charge on any atom is 0.344 e. The molecule has 0 aliphatic rings. The molecule has 0 amide bonds. The molecule has 0 aromatic heterocycles. The highest BCUT2D eigenvalue weighted by Gasteiger charge is 2.47. The molecule has 0 saturated heterocycles. The van der Waals surface area contributed by atoms with E-state index in [-0.39, 0.29) is 5.97 Å². The normalized spacial score (nSPS) is 11.3. The van der Waals surface area contributed by atoms with Crippen LogP contribution in [0.3, 0.4) is 0 Å². The molecular weight excluding hydrogens is 430 g/mol. The molecule has 0 aliphatic heterocycles. The molecule has 160 valence electrons. The largest absolute Gasteiger partial charge is 0.466 e. The molecule has 0 N–H and O–H groups in total. The maximum atomic E-state index is 12.8. The van der Waals surface area contributed by atoms with Crippen molar-refractivity contribution < 1.29 is 9.53 Å². The lowest BCUT2D eigenvalue weighted by atomic mass is 10.4. The lowest BCUT2D eigenvalue weighted by Gasteiger charge is -2.31. The first-order valence-corrected chi connectivity index (χ1v) is 14.3. The van der Waals surface area contributed by atoms with Gasteiger partial charge >= 0.3 is 5.97 Å². The summed E-state index contributed by atoms with van der Waals surface area (Å²) in [5.41, 5.74) is 0. The summed E-state index contributed by atoms with van der Waals surface area (Å²) in [5.74, 6) is 0.765. The van der Waals surface area contributed by atoms with Crippen LogP contribution in [-0.4, -0.2) is 25.1 Å². The van der Waals surface area contributed by atoms with Gasteiger partial charge in [0.25, 0.3) is 0 Å². The minimum atomic E-state index is -2.11. The molecule has 2 nitrogen and oxygen atoms in total. The number of ether oxygens (including phenoxy) is 1. The van der Waals surface area contributed by atoms with Gasteiger partial charge in [0, 0.05) is 0 Å². The van der Waals surface area contributed by atoms with Gasteiger partial charge in [-0.15, -0.1) is 0 Å². The Kier molecular flexibility index (Phi) is 7.48. The zero-order chi connectivity index (χ0) is 22.2. The highest BCUT2D eigenvalue weighted by atomic mass is 31.2. The lowest BCUT2D eigenvalue weighted by Crippen LogP contribution is -2.32. The van der Waals surface area contributed by atoms with Gasteiger partial charge in [-0.05, 0) is 42.8 Å². The van der Waals surface area contributed by atoms with E-state index < -0.39 is 15.2 Å². The van der Waals surface area contributed by atoms with Gasteiger partial charge in [-0.25, -0.2) is 4.79 Å². The summed E-state index contributed by atoms with van der Waals surface area (Å²) in [6.45, 7) is 0. The quantitative estimate of drug-likeness (QED) is 0.277. The van der Waals surface area contributed by atoms with Gasteiger partial charge in [0.05, 0.1) is 20.3 Å². The first kappa shape index (κ1) is 22.4. The smallest absolute Gasteiger partial charge is 0.344 e. The van der Waals surface area contributed by atoms with Crippen LogP contribution in [0.1, 0.15) is 0 Å². The van der Waals surface area contributed by atoms with Gasteiger partial charge in [0.1, 0.15) is 10.6 Å². The number of rotatable bonds is 8. The van der Waals surface area contributed by atoms with Gasteiger partial charge in [-0.2, -0.15) is 0 Å². The van der Waals surface area contributed by atoms with Crippen molar-refractivity contribution in [2.24, 2.45) is 0 Å². The molecule has 4 aromatic carbocycles. The SMILES string of the molecule is COC(=O)C[P+](CP(c1ccccc1)c1ccccc1)(c1ccccc1)c1ccccc1. The molecule has 0 saturated carbocycles. The molecule has 0 heterocycles. The number of hydrogen-bond donors (Lipinski definition) is 0. The van der Waals surface area contributed by atoms with Crippen molar-refractivity contribution in [2.45, 2.75) is 0 Å². The fourth-order valence-corrected chi connectivity index (χ4v) is 13.1. The average molecular weight is 457 g/mol. The standard InChI is InChI=1S/C28H27O2P2/c1-30-28(29)22-32(26-18-10-4-11-19-26,27-20-12-5-13-21-27)23-31(24-14-6-2-7-15-24)25-16-8-3-9-17-25/h2-21H,22-23H2,1H3/q+1. The summed E-state index contributed by atoms with van der Waals surface area (Å²) in [4.78, 5) is 12.8. The summed E-state index contributed by atoms with van der Waals surface area (Å²) < 4.78 is 5.24. The van der Waals surface area contributed by atoms with E-state index >= 15 is 0 Å². The van der Waals surface area contributed by atoms with Gasteiger partial charge in [0.2, 0.25) is 0 Å². The van der Waals surface area contributed by atoms with Crippen LogP contribution in [0, 0.1) is 0 Å². The van der Waals surface area contributed by atoms with E-state index in [4.69, 9.17) is 4.74 Å². The monoisotopic (exact) mass is 457 g/mol. The van der Waals surface area contributed by atoms with Crippen molar-refractivity contribution >= 4 is 42.4 Å². The number of hydrogen-bond acceptors (Lipinski definition) is 2. The minimum Gasteiger partial charge on any atom is -0.466 e. The first-order valence-electron chi connectivity index (χ1n) is 10.7. The Morgan fingerprint density at radius 2 is 1.03 bits per heavy atom. The Bertz CT molecular complexity index is 1040. The van der Waals surface area contributed by atoms with E-state index in [1.165, 1.54) is 28.3 Å². The average Bonchev–Trinajstić information content (AvgIpc) is 2.88. The number of esters is 1. The van der Waals surface area contributed by atoms with Crippen LogP contribution in [0.25, 0.3) is 0 Å². The van der Waals surface area contributed by atoms with Crippen molar-refractivity contribution in [3.05, 3.63) is 121 Å². The van der Waals surface area contributed by atoms with Crippen LogP contribution in [0.5, 0.6) is 0 Å².